The van der Waals surface area contributed by atoms with Crippen LogP contribution >= 0.6 is 11.8 Å². The number of aromatic carboxylic acids is 1. The molecule has 0 atom stereocenters. The maximum absolute atomic E-state index is 11.4. The van der Waals surface area contributed by atoms with Crippen LogP contribution in [-0.2, 0) is 11.2 Å². The lowest BCUT2D eigenvalue weighted by atomic mass is 10.1. The number of hydrogen-bond donors (Lipinski definition) is 1. The maximum Gasteiger partial charge on any atom is 0.337 e. The standard InChI is InChI=1S/C17H16O4S/c1-3-11-10-14(8-9-15(11)16(18)19)22-13-6-4-12(5-7-13)17(20)21-2/h4-10H,3H2,1-2H3,(H,18,19). The molecular weight excluding hydrogens is 300 g/mol. The molecule has 22 heavy (non-hydrogen) atoms. The van der Waals surface area contributed by atoms with E-state index in [-0.39, 0.29) is 5.97 Å². The van der Waals surface area contributed by atoms with Crippen LogP contribution in [0.5, 0.6) is 0 Å². The Balaban J connectivity index is 2.20. The molecule has 2 rings (SSSR count). The zero-order valence-corrected chi connectivity index (χ0v) is 13.1. The van der Waals surface area contributed by atoms with Crippen molar-refractivity contribution in [2.24, 2.45) is 0 Å². The molecule has 4 nitrogen and oxygen atoms in total. The second kappa shape index (κ2) is 7.13. The molecule has 0 radical (unpaired) electrons. The van der Waals surface area contributed by atoms with E-state index in [2.05, 4.69) is 4.74 Å². The van der Waals surface area contributed by atoms with Crippen LogP contribution in [0.1, 0.15) is 33.2 Å². The molecule has 1 N–H and O–H groups in total. The summed E-state index contributed by atoms with van der Waals surface area (Å²) in [6.45, 7) is 1.93. The van der Waals surface area contributed by atoms with E-state index in [4.69, 9.17) is 5.11 Å². The topological polar surface area (TPSA) is 63.6 Å². The molecule has 0 amide bonds. The molecule has 0 aromatic heterocycles. The SMILES string of the molecule is CCc1cc(Sc2ccc(C(=O)OC)cc2)ccc1C(=O)O. The number of esters is 1. The third-order valence-corrected chi connectivity index (χ3v) is 4.20. The molecule has 0 spiro atoms. The number of methoxy groups -OCH3 is 1. The molecule has 0 fully saturated rings. The predicted octanol–water partition coefficient (Wildman–Crippen LogP) is 3.89. The van der Waals surface area contributed by atoms with Gasteiger partial charge in [-0.1, -0.05) is 18.7 Å². The van der Waals surface area contributed by atoms with Gasteiger partial charge in [0.25, 0.3) is 0 Å². The van der Waals surface area contributed by atoms with Crippen molar-refractivity contribution in [2.75, 3.05) is 7.11 Å². The average molecular weight is 316 g/mol. The molecule has 5 heteroatoms. The van der Waals surface area contributed by atoms with Crippen molar-refractivity contribution in [3.63, 3.8) is 0 Å². The summed E-state index contributed by atoms with van der Waals surface area (Å²) < 4.78 is 4.66. The number of carboxylic acid groups (broad SMARTS) is 1. The van der Waals surface area contributed by atoms with Gasteiger partial charge in [-0.05, 0) is 54.4 Å². The predicted molar refractivity (Wildman–Crippen MR) is 84.7 cm³/mol. The third kappa shape index (κ3) is 3.68. The van der Waals surface area contributed by atoms with Crippen LogP contribution < -0.4 is 0 Å². The molecule has 0 aliphatic heterocycles. The fourth-order valence-corrected chi connectivity index (χ4v) is 2.93. The molecule has 0 bridgehead atoms. The van der Waals surface area contributed by atoms with Gasteiger partial charge in [0.2, 0.25) is 0 Å². The van der Waals surface area contributed by atoms with Crippen molar-refractivity contribution in [1.82, 2.24) is 0 Å². The van der Waals surface area contributed by atoms with Crippen molar-refractivity contribution in [1.29, 1.82) is 0 Å². The van der Waals surface area contributed by atoms with Crippen LogP contribution in [0, 0.1) is 0 Å². The minimum Gasteiger partial charge on any atom is -0.478 e. The maximum atomic E-state index is 11.4. The number of rotatable bonds is 5. The second-order valence-electron chi connectivity index (χ2n) is 4.60. The lowest BCUT2D eigenvalue weighted by Crippen LogP contribution is -2.01. The van der Waals surface area contributed by atoms with Gasteiger partial charge in [-0.3, -0.25) is 0 Å². The van der Waals surface area contributed by atoms with Gasteiger partial charge in [-0.15, -0.1) is 0 Å². The molecular formula is C17H16O4S. The summed E-state index contributed by atoms with van der Waals surface area (Å²) in [5.74, 6) is -1.27. The molecule has 0 aliphatic carbocycles. The third-order valence-electron chi connectivity index (χ3n) is 3.20. The van der Waals surface area contributed by atoms with Crippen molar-refractivity contribution in [3.8, 4) is 0 Å². The molecule has 0 aliphatic rings. The molecule has 0 saturated heterocycles. The van der Waals surface area contributed by atoms with Crippen molar-refractivity contribution < 1.29 is 19.4 Å². The summed E-state index contributed by atoms with van der Waals surface area (Å²) in [5.41, 5.74) is 1.65. The van der Waals surface area contributed by atoms with E-state index in [1.165, 1.54) is 18.9 Å². The fraction of sp³-hybridized carbons (Fsp3) is 0.176. The van der Waals surface area contributed by atoms with Gasteiger partial charge in [0, 0.05) is 9.79 Å². The first-order chi connectivity index (χ1) is 10.5. The summed E-state index contributed by atoms with van der Waals surface area (Å²) in [4.78, 5) is 24.4. The Bertz CT molecular complexity index is 692. The van der Waals surface area contributed by atoms with Gasteiger partial charge in [-0.2, -0.15) is 0 Å². The fourth-order valence-electron chi connectivity index (χ4n) is 2.05. The molecule has 0 heterocycles. The summed E-state index contributed by atoms with van der Waals surface area (Å²) in [7, 11) is 1.35. The van der Waals surface area contributed by atoms with E-state index in [1.54, 1.807) is 24.3 Å². The van der Waals surface area contributed by atoms with Gasteiger partial charge in [0.1, 0.15) is 0 Å². The van der Waals surface area contributed by atoms with Gasteiger partial charge in [0.15, 0.2) is 0 Å². The largest absolute Gasteiger partial charge is 0.478 e. The van der Waals surface area contributed by atoms with E-state index in [1.807, 2.05) is 25.1 Å². The normalized spacial score (nSPS) is 10.3. The molecule has 114 valence electrons. The Morgan fingerprint density at radius 2 is 1.73 bits per heavy atom. The van der Waals surface area contributed by atoms with Crippen LogP contribution in [0.15, 0.2) is 52.3 Å². The van der Waals surface area contributed by atoms with E-state index in [0.29, 0.717) is 17.5 Å². The Morgan fingerprint density at radius 3 is 2.27 bits per heavy atom. The first kappa shape index (κ1) is 16.1. The summed E-state index contributed by atoms with van der Waals surface area (Å²) in [6.07, 6.45) is 0.664. The summed E-state index contributed by atoms with van der Waals surface area (Å²) >= 11 is 1.52. The number of carboxylic acids is 1. The number of benzene rings is 2. The zero-order valence-electron chi connectivity index (χ0n) is 12.3. The average Bonchev–Trinajstić information content (AvgIpc) is 2.54. The minimum absolute atomic E-state index is 0.341. The highest BCUT2D eigenvalue weighted by atomic mass is 32.2. The minimum atomic E-state index is -0.907. The highest BCUT2D eigenvalue weighted by Gasteiger charge is 2.10. The number of ether oxygens (including phenoxy) is 1. The van der Waals surface area contributed by atoms with E-state index >= 15 is 0 Å². The van der Waals surface area contributed by atoms with Crippen molar-refractivity contribution in [3.05, 3.63) is 59.2 Å². The highest BCUT2D eigenvalue weighted by Crippen LogP contribution is 2.29. The number of aryl methyl sites for hydroxylation is 1. The zero-order chi connectivity index (χ0) is 16.1. The van der Waals surface area contributed by atoms with Crippen molar-refractivity contribution >= 4 is 23.7 Å². The van der Waals surface area contributed by atoms with E-state index in [0.717, 1.165) is 15.4 Å². The summed E-state index contributed by atoms with van der Waals surface area (Å²) in [6, 6.07) is 12.4. The molecule has 2 aromatic rings. The monoisotopic (exact) mass is 316 g/mol. The van der Waals surface area contributed by atoms with Crippen LogP contribution in [0.2, 0.25) is 0 Å². The smallest absolute Gasteiger partial charge is 0.337 e. The lowest BCUT2D eigenvalue weighted by Gasteiger charge is -2.07. The Labute approximate surface area is 133 Å². The van der Waals surface area contributed by atoms with Crippen LogP contribution in [0.3, 0.4) is 0 Å². The van der Waals surface area contributed by atoms with Gasteiger partial charge in [0.05, 0.1) is 18.2 Å². The van der Waals surface area contributed by atoms with Gasteiger partial charge < -0.3 is 9.84 Å². The number of carbonyl (C=O) groups is 2. The first-order valence-electron chi connectivity index (χ1n) is 6.77. The molecule has 0 unspecified atom stereocenters. The van der Waals surface area contributed by atoms with Gasteiger partial charge >= 0.3 is 11.9 Å². The Morgan fingerprint density at radius 1 is 1.09 bits per heavy atom. The Hall–Kier alpha value is -2.27. The lowest BCUT2D eigenvalue weighted by molar-refractivity contribution is 0.0599. The second-order valence-corrected chi connectivity index (χ2v) is 5.74. The van der Waals surface area contributed by atoms with E-state index < -0.39 is 5.97 Å². The summed E-state index contributed by atoms with van der Waals surface area (Å²) in [5, 5.41) is 9.13. The van der Waals surface area contributed by atoms with E-state index in [9.17, 15) is 9.59 Å². The number of carbonyl (C=O) groups excluding carboxylic acids is 1. The van der Waals surface area contributed by atoms with Crippen LogP contribution in [0.4, 0.5) is 0 Å². The quantitative estimate of drug-likeness (QED) is 0.848. The molecule has 0 saturated carbocycles. The van der Waals surface area contributed by atoms with Crippen LogP contribution in [0.25, 0.3) is 0 Å². The molecule has 2 aromatic carbocycles. The number of hydrogen-bond acceptors (Lipinski definition) is 4. The highest BCUT2D eigenvalue weighted by molar-refractivity contribution is 7.99. The first-order valence-corrected chi connectivity index (χ1v) is 7.59. The van der Waals surface area contributed by atoms with Gasteiger partial charge in [-0.25, -0.2) is 9.59 Å². The van der Waals surface area contributed by atoms with Crippen LogP contribution in [-0.4, -0.2) is 24.2 Å². The van der Waals surface area contributed by atoms with Crippen molar-refractivity contribution in [2.45, 2.75) is 23.1 Å². The Kier molecular flexibility index (Phi) is 5.22.